The fourth-order valence-electron chi connectivity index (χ4n) is 3.68. The summed E-state index contributed by atoms with van der Waals surface area (Å²) in [6.45, 7) is 0.260. The number of aromatic nitrogens is 2. The fraction of sp³-hybridized carbons (Fsp3) is 0.286. The molecule has 3 aromatic rings. The van der Waals surface area contributed by atoms with Gasteiger partial charge in [0.15, 0.2) is 0 Å². The molecule has 29 heavy (non-hydrogen) atoms. The number of hydrogen-bond acceptors (Lipinski definition) is 3. The lowest BCUT2D eigenvalue weighted by molar-refractivity contribution is -0.121. The Morgan fingerprint density at radius 1 is 1.31 bits per heavy atom. The van der Waals surface area contributed by atoms with Crippen molar-refractivity contribution < 1.29 is 14.0 Å². The second kappa shape index (κ2) is 7.83. The predicted molar refractivity (Wildman–Crippen MR) is 109 cm³/mol. The van der Waals surface area contributed by atoms with Crippen molar-refractivity contribution in [2.24, 2.45) is 7.05 Å². The molecule has 1 N–H and O–H groups in total. The maximum atomic E-state index is 14.0. The quantitative estimate of drug-likeness (QED) is 0.697. The molecule has 6 nitrogen and oxygen atoms in total. The van der Waals surface area contributed by atoms with Crippen LogP contribution in [0.2, 0.25) is 5.02 Å². The highest BCUT2D eigenvalue weighted by Gasteiger charge is 2.32. The van der Waals surface area contributed by atoms with Crippen molar-refractivity contribution in [3.63, 3.8) is 0 Å². The molecular formula is C21H20ClFN4O2. The lowest BCUT2D eigenvalue weighted by atomic mass is 10.2. The zero-order valence-corrected chi connectivity index (χ0v) is 16.6. The van der Waals surface area contributed by atoms with E-state index in [2.05, 4.69) is 10.3 Å². The van der Waals surface area contributed by atoms with Crippen LogP contribution in [-0.2, 0) is 23.1 Å². The first kappa shape index (κ1) is 19.4. The minimum absolute atomic E-state index is 0.158. The number of rotatable bonds is 5. The molecule has 1 saturated heterocycles. The van der Waals surface area contributed by atoms with Crippen molar-refractivity contribution in [1.29, 1.82) is 0 Å². The van der Waals surface area contributed by atoms with Crippen LogP contribution in [0.5, 0.6) is 0 Å². The van der Waals surface area contributed by atoms with Crippen molar-refractivity contribution >= 4 is 40.1 Å². The number of halogens is 2. The number of benzene rings is 2. The molecule has 0 spiro atoms. The number of nitrogens with zero attached hydrogens (tertiary/aromatic N) is 3. The Bertz CT molecular complexity index is 1100. The van der Waals surface area contributed by atoms with Crippen molar-refractivity contribution in [3.8, 4) is 0 Å². The summed E-state index contributed by atoms with van der Waals surface area (Å²) in [5, 5.41) is 3.49. The first-order chi connectivity index (χ1) is 13.9. The average Bonchev–Trinajstić information content (AvgIpc) is 3.19. The molecule has 4 rings (SSSR count). The highest BCUT2D eigenvalue weighted by molar-refractivity contribution is 6.31. The van der Waals surface area contributed by atoms with Crippen LogP contribution in [0.15, 0.2) is 42.5 Å². The molecule has 2 heterocycles. The van der Waals surface area contributed by atoms with Crippen LogP contribution in [0.3, 0.4) is 0 Å². The molecule has 0 bridgehead atoms. The zero-order valence-electron chi connectivity index (χ0n) is 15.9. The van der Waals surface area contributed by atoms with Gasteiger partial charge in [-0.25, -0.2) is 9.37 Å². The average molecular weight is 415 g/mol. The van der Waals surface area contributed by atoms with Gasteiger partial charge >= 0.3 is 0 Å². The van der Waals surface area contributed by atoms with Gasteiger partial charge in [-0.05, 0) is 30.3 Å². The van der Waals surface area contributed by atoms with Crippen LogP contribution in [0.1, 0.15) is 18.7 Å². The first-order valence-electron chi connectivity index (χ1n) is 9.37. The largest absolute Gasteiger partial charge is 0.351 e. The normalized spacial score (nSPS) is 16.6. The van der Waals surface area contributed by atoms with E-state index < -0.39 is 5.82 Å². The molecule has 1 atom stereocenters. The highest BCUT2D eigenvalue weighted by Crippen LogP contribution is 2.24. The number of fused-ring (bicyclic) bond motifs is 1. The Morgan fingerprint density at radius 2 is 2.10 bits per heavy atom. The fourth-order valence-corrected chi connectivity index (χ4v) is 3.85. The maximum absolute atomic E-state index is 14.0. The molecule has 0 aliphatic carbocycles. The zero-order chi connectivity index (χ0) is 20.5. The summed E-state index contributed by atoms with van der Waals surface area (Å²) in [6.07, 6.45) is 0.868. The van der Waals surface area contributed by atoms with Crippen LogP contribution >= 0.6 is 11.6 Å². The van der Waals surface area contributed by atoms with Gasteiger partial charge in [-0.2, -0.15) is 0 Å². The van der Waals surface area contributed by atoms with E-state index in [4.69, 9.17) is 11.6 Å². The first-order valence-corrected chi connectivity index (χ1v) is 9.75. The lowest BCUT2D eigenvalue weighted by Gasteiger charge is -2.17. The number of nitrogens with one attached hydrogen (secondary N) is 1. The number of imidazole rings is 1. The molecule has 150 valence electrons. The van der Waals surface area contributed by atoms with Crippen molar-refractivity contribution in [1.82, 2.24) is 14.9 Å². The van der Waals surface area contributed by atoms with E-state index in [1.54, 1.807) is 30.3 Å². The van der Waals surface area contributed by atoms with E-state index in [9.17, 15) is 14.0 Å². The minimum atomic E-state index is -0.449. The Morgan fingerprint density at radius 3 is 2.90 bits per heavy atom. The summed E-state index contributed by atoms with van der Waals surface area (Å²) in [5.41, 5.74) is 1.98. The Balaban J connectivity index is 1.36. The molecule has 2 aromatic carbocycles. The molecular weight excluding hydrogens is 395 g/mol. The number of para-hydroxylation sites is 1. The number of anilines is 1. The summed E-state index contributed by atoms with van der Waals surface area (Å²) in [5.74, 6) is -0.0291. The van der Waals surface area contributed by atoms with E-state index in [0.29, 0.717) is 11.4 Å². The number of carbonyl (C=O) groups is 2. The number of hydrogen-bond donors (Lipinski definition) is 1. The molecule has 1 fully saturated rings. The molecule has 0 radical (unpaired) electrons. The molecule has 1 aliphatic rings. The Hall–Kier alpha value is -2.93. The highest BCUT2D eigenvalue weighted by atomic mass is 35.5. The van der Waals surface area contributed by atoms with Gasteiger partial charge in [0.2, 0.25) is 11.8 Å². The van der Waals surface area contributed by atoms with Crippen LogP contribution in [0, 0.1) is 5.82 Å². The van der Waals surface area contributed by atoms with Gasteiger partial charge in [0.25, 0.3) is 0 Å². The summed E-state index contributed by atoms with van der Waals surface area (Å²) < 4.78 is 15.9. The lowest BCUT2D eigenvalue weighted by Crippen LogP contribution is -2.37. The van der Waals surface area contributed by atoms with Gasteiger partial charge in [0.1, 0.15) is 11.6 Å². The predicted octanol–water partition coefficient (Wildman–Crippen LogP) is 3.22. The summed E-state index contributed by atoms with van der Waals surface area (Å²) >= 11 is 6.01. The third-order valence-electron chi connectivity index (χ3n) is 5.14. The van der Waals surface area contributed by atoms with E-state index in [1.165, 1.54) is 11.0 Å². The van der Waals surface area contributed by atoms with E-state index >= 15 is 0 Å². The SMILES string of the molecule is Cn1c(CCC(=O)N[C@H]2CC(=O)N(c3ccccc3F)C2)nc2cc(Cl)ccc21. The van der Waals surface area contributed by atoms with Crippen LogP contribution in [0.4, 0.5) is 10.1 Å². The van der Waals surface area contributed by atoms with Gasteiger partial charge in [-0.15, -0.1) is 0 Å². The summed E-state index contributed by atoms with van der Waals surface area (Å²) in [6, 6.07) is 11.3. The van der Waals surface area contributed by atoms with Gasteiger partial charge in [-0.1, -0.05) is 23.7 Å². The summed E-state index contributed by atoms with van der Waals surface area (Å²) in [7, 11) is 1.90. The van der Waals surface area contributed by atoms with Crippen LogP contribution < -0.4 is 10.2 Å². The molecule has 0 unspecified atom stereocenters. The van der Waals surface area contributed by atoms with Crippen molar-refractivity contribution in [3.05, 3.63) is 59.1 Å². The number of amides is 2. The molecule has 1 aliphatic heterocycles. The standard InChI is InChI=1S/C21H20ClFN4O2/c1-26-18-7-6-13(22)10-16(18)25-19(26)8-9-20(28)24-14-11-21(29)27(12-14)17-5-3-2-4-15(17)23/h2-7,10,14H,8-9,11-12H2,1H3,(H,24,28)/t14-/m0/s1. The maximum Gasteiger partial charge on any atom is 0.229 e. The van der Waals surface area contributed by atoms with E-state index in [1.807, 2.05) is 17.7 Å². The summed E-state index contributed by atoms with van der Waals surface area (Å²) in [4.78, 5) is 30.6. The number of aryl methyl sites for hydroxylation is 2. The van der Waals surface area contributed by atoms with Gasteiger partial charge in [0.05, 0.1) is 22.8 Å². The van der Waals surface area contributed by atoms with Crippen molar-refractivity contribution in [2.75, 3.05) is 11.4 Å². The monoisotopic (exact) mass is 414 g/mol. The van der Waals surface area contributed by atoms with E-state index in [-0.39, 0.29) is 42.9 Å². The third-order valence-corrected chi connectivity index (χ3v) is 5.38. The second-order valence-electron chi connectivity index (χ2n) is 7.14. The molecule has 0 saturated carbocycles. The smallest absolute Gasteiger partial charge is 0.229 e. The molecule has 1 aromatic heterocycles. The Labute approximate surface area is 172 Å². The van der Waals surface area contributed by atoms with Crippen molar-refractivity contribution in [2.45, 2.75) is 25.3 Å². The van der Waals surface area contributed by atoms with Gasteiger partial charge in [-0.3, -0.25) is 9.59 Å². The number of carbonyl (C=O) groups excluding carboxylic acids is 2. The van der Waals surface area contributed by atoms with Crippen LogP contribution in [-0.4, -0.2) is 34.0 Å². The topological polar surface area (TPSA) is 67.2 Å². The molecule has 8 heteroatoms. The third kappa shape index (κ3) is 3.96. The molecule has 2 amide bonds. The van der Waals surface area contributed by atoms with Gasteiger partial charge < -0.3 is 14.8 Å². The van der Waals surface area contributed by atoms with Gasteiger partial charge in [0, 0.05) is 37.9 Å². The second-order valence-corrected chi connectivity index (χ2v) is 7.58. The van der Waals surface area contributed by atoms with Crippen LogP contribution in [0.25, 0.3) is 11.0 Å². The van der Waals surface area contributed by atoms with E-state index in [0.717, 1.165) is 16.9 Å². The Kier molecular flexibility index (Phi) is 5.24. The minimum Gasteiger partial charge on any atom is -0.351 e.